The van der Waals surface area contributed by atoms with Gasteiger partial charge in [-0.3, -0.25) is 4.58 Å². The lowest BCUT2D eigenvalue weighted by Gasteiger charge is -2.16. The van der Waals surface area contributed by atoms with Gasteiger partial charge in [-0.1, -0.05) is 12.1 Å². The molecule has 0 radical (unpaired) electrons. The van der Waals surface area contributed by atoms with Crippen LogP contribution in [0.2, 0.25) is 0 Å². The van der Waals surface area contributed by atoms with Crippen LogP contribution in [0.3, 0.4) is 0 Å². The van der Waals surface area contributed by atoms with Crippen molar-refractivity contribution in [2.75, 3.05) is 26.3 Å². The maximum atomic E-state index is 10.0. The third kappa shape index (κ3) is 3.35. The Kier molecular flexibility index (Phi) is 4.37. The number of thiazole rings is 1. The van der Waals surface area contributed by atoms with Crippen molar-refractivity contribution in [1.82, 2.24) is 4.98 Å². The minimum Gasteiger partial charge on any atom is -0.494 e. The number of aryl methyl sites for hydroxylation is 1. The second kappa shape index (κ2) is 6.67. The fraction of sp³-hybridized carbons (Fsp3) is 0.278. The van der Waals surface area contributed by atoms with Gasteiger partial charge >= 0.3 is 5.84 Å². The Labute approximate surface area is 154 Å². The number of hydrogen-bond acceptors (Lipinski definition) is 4. The molecule has 3 heterocycles. The monoisotopic (exact) mass is 372 g/mol. The summed E-state index contributed by atoms with van der Waals surface area (Å²) >= 11 is 6.48. The van der Waals surface area contributed by atoms with Gasteiger partial charge in [0, 0.05) is 5.22 Å². The van der Waals surface area contributed by atoms with Crippen molar-refractivity contribution in [2.45, 2.75) is 6.92 Å². The molecule has 7 heteroatoms. The molecular weight excluding hydrogens is 354 g/mol. The third-order valence-electron chi connectivity index (χ3n) is 4.24. The number of aromatic amines is 1. The third-order valence-corrected chi connectivity index (χ3v) is 5.41. The number of ether oxygens (including phenoxy) is 1. The van der Waals surface area contributed by atoms with Crippen molar-refractivity contribution < 1.29 is 14.4 Å². The van der Waals surface area contributed by atoms with E-state index in [9.17, 15) is 5.11 Å². The molecule has 2 aliphatic heterocycles. The predicted molar refractivity (Wildman–Crippen MR) is 101 cm³/mol. The number of aromatic nitrogens is 1. The Hall–Kier alpha value is -2.09. The highest BCUT2D eigenvalue weighted by Gasteiger charge is 2.24. The Morgan fingerprint density at radius 2 is 2.16 bits per heavy atom. The highest BCUT2D eigenvalue weighted by Crippen LogP contribution is 2.25. The Balaban J connectivity index is 1.94. The van der Waals surface area contributed by atoms with Gasteiger partial charge in [-0.05, 0) is 47.9 Å². The molecule has 25 heavy (non-hydrogen) atoms. The molecule has 0 aliphatic carbocycles. The average molecular weight is 372 g/mol. The van der Waals surface area contributed by atoms with Crippen LogP contribution in [0.15, 0.2) is 28.8 Å². The van der Waals surface area contributed by atoms with Gasteiger partial charge in [0.25, 0.3) is 0 Å². The molecule has 1 aromatic carbocycles. The first kappa shape index (κ1) is 16.4. The first-order chi connectivity index (χ1) is 12.1. The van der Waals surface area contributed by atoms with E-state index in [1.54, 1.807) is 0 Å². The average Bonchev–Trinajstić information content (AvgIpc) is 2.92. The first-order valence-corrected chi connectivity index (χ1v) is 9.33. The number of fused-ring (bicyclic) bond motifs is 1. The summed E-state index contributed by atoms with van der Waals surface area (Å²) in [6.45, 7) is 5.07. The summed E-state index contributed by atoms with van der Waals surface area (Å²) in [4.78, 5) is 8.41. The van der Waals surface area contributed by atoms with E-state index >= 15 is 0 Å². The number of hydrogen-bond donors (Lipinski definition) is 2. The minimum atomic E-state index is 0.104. The molecule has 1 fully saturated rings. The van der Waals surface area contributed by atoms with Crippen molar-refractivity contribution in [3.05, 3.63) is 48.7 Å². The van der Waals surface area contributed by atoms with E-state index in [0.29, 0.717) is 22.0 Å². The van der Waals surface area contributed by atoms with Crippen LogP contribution in [0.25, 0.3) is 12.2 Å². The van der Waals surface area contributed by atoms with E-state index < -0.39 is 0 Å². The molecule has 1 saturated heterocycles. The van der Waals surface area contributed by atoms with E-state index in [1.807, 2.05) is 6.08 Å². The molecule has 4 rings (SSSR count). The summed E-state index contributed by atoms with van der Waals surface area (Å²) < 4.78 is 8.26. The fourth-order valence-corrected chi connectivity index (χ4v) is 4.04. The SMILES string of the molecule is Cc1ccc2c(c1)=NC(=[N+]1CCOCC1)/C(=C/c1sc(=S)[nH]c1O)C=2. The van der Waals surface area contributed by atoms with Crippen LogP contribution < -0.4 is 10.6 Å². The van der Waals surface area contributed by atoms with E-state index in [1.165, 1.54) is 16.9 Å². The molecule has 2 aromatic rings. The smallest absolute Gasteiger partial charge is 0.326 e. The zero-order valence-corrected chi connectivity index (χ0v) is 15.4. The number of benzene rings is 1. The Morgan fingerprint density at radius 3 is 2.88 bits per heavy atom. The summed E-state index contributed by atoms with van der Waals surface area (Å²) in [5, 5.41) is 12.1. The zero-order chi connectivity index (χ0) is 17.4. The van der Waals surface area contributed by atoms with Gasteiger partial charge in [0.15, 0.2) is 9.31 Å². The van der Waals surface area contributed by atoms with Gasteiger partial charge in [-0.2, -0.15) is 0 Å². The highest BCUT2D eigenvalue weighted by molar-refractivity contribution is 7.73. The second-order valence-corrected chi connectivity index (χ2v) is 7.79. The summed E-state index contributed by atoms with van der Waals surface area (Å²) in [5.41, 5.74) is 2.16. The number of aromatic hydroxyl groups is 1. The number of nitrogens with one attached hydrogen (secondary N) is 1. The van der Waals surface area contributed by atoms with Gasteiger partial charge in [-0.25, -0.2) is 0 Å². The molecule has 0 amide bonds. The summed E-state index contributed by atoms with van der Waals surface area (Å²) in [6, 6.07) is 6.26. The molecule has 5 nitrogen and oxygen atoms in total. The largest absolute Gasteiger partial charge is 0.494 e. The standard InChI is InChI=1S/C18H17N3O2S2/c1-11-2-3-12-9-13(10-15-17(22)20-18(24)25-15)16(19-14(12)8-11)21-4-6-23-7-5-21/h2-3,8-10H,4-7H2,1H3,(H,20,22,24)/p+1. The Morgan fingerprint density at radius 1 is 1.36 bits per heavy atom. The number of nitrogens with zero attached hydrogens (tertiary/aromatic N) is 2. The van der Waals surface area contributed by atoms with Crippen LogP contribution in [0.1, 0.15) is 10.4 Å². The maximum Gasteiger partial charge on any atom is 0.326 e. The molecular formula is C18H18N3O2S2+. The van der Waals surface area contributed by atoms with Gasteiger partial charge in [0.2, 0.25) is 5.88 Å². The van der Waals surface area contributed by atoms with E-state index in [2.05, 4.69) is 40.8 Å². The molecule has 128 valence electrons. The van der Waals surface area contributed by atoms with Crippen molar-refractivity contribution in [3.8, 4) is 5.88 Å². The quantitative estimate of drug-likeness (QED) is 0.592. The van der Waals surface area contributed by atoms with Crippen LogP contribution in [-0.4, -0.2) is 46.8 Å². The summed E-state index contributed by atoms with van der Waals surface area (Å²) in [5.74, 6) is 1.02. The molecule has 0 unspecified atom stereocenters. The molecule has 0 atom stereocenters. The lowest BCUT2D eigenvalue weighted by Crippen LogP contribution is -2.38. The fourth-order valence-electron chi connectivity index (χ4n) is 2.99. The van der Waals surface area contributed by atoms with Gasteiger partial charge in [0.05, 0.1) is 23.7 Å². The van der Waals surface area contributed by atoms with Crippen LogP contribution in [0.5, 0.6) is 5.88 Å². The number of rotatable bonds is 1. The van der Waals surface area contributed by atoms with Crippen molar-refractivity contribution in [3.63, 3.8) is 0 Å². The zero-order valence-electron chi connectivity index (χ0n) is 13.8. The number of amidine groups is 1. The predicted octanol–water partition coefficient (Wildman–Crippen LogP) is 1.76. The number of H-pyrrole nitrogens is 1. The van der Waals surface area contributed by atoms with Crippen molar-refractivity contribution in [1.29, 1.82) is 0 Å². The normalized spacial score (nSPS) is 18.7. The van der Waals surface area contributed by atoms with Gasteiger partial charge in [0.1, 0.15) is 13.1 Å². The summed E-state index contributed by atoms with van der Waals surface area (Å²) in [6.07, 6.45) is 4.07. The molecule has 0 saturated carbocycles. The van der Waals surface area contributed by atoms with Crippen LogP contribution >= 0.6 is 23.6 Å². The van der Waals surface area contributed by atoms with E-state index in [0.717, 1.165) is 35.1 Å². The van der Waals surface area contributed by atoms with Gasteiger partial charge < -0.3 is 14.8 Å². The van der Waals surface area contributed by atoms with Crippen molar-refractivity contribution in [2.24, 2.45) is 4.99 Å². The van der Waals surface area contributed by atoms with Crippen LogP contribution in [0, 0.1) is 10.9 Å². The van der Waals surface area contributed by atoms with Crippen LogP contribution in [-0.2, 0) is 4.74 Å². The maximum absolute atomic E-state index is 10.0. The molecule has 2 N–H and O–H groups in total. The number of morpholine rings is 1. The summed E-state index contributed by atoms with van der Waals surface area (Å²) in [7, 11) is 0. The molecule has 0 spiro atoms. The Bertz CT molecular complexity index is 1070. The first-order valence-electron chi connectivity index (χ1n) is 8.11. The highest BCUT2D eigenvalue weighted by atomic mass is 32.1. The molecule has 2 aliphatic rings. The molecule has 1 aromatic heterocycles. The lowest BCUT2D eigenvalue weighted by molar-refractivity contribution is -0.549. The van der Waals surface area contributed by atoms with E-state index in [4.69, 9.17) is 21.9 Å². The second-order valence-electron chi connectivity index (χ2n) is 6.07. The van der Waals surface area contributed by atoms with Crippen molar-refractivity contribution >= 4 is 41.5 Å². The van der Waals surface area contributed by atoms with Crippen LogP contribution in [0.4, 0.5) is 0 Å². The lowest BCUT2D eigenvalue weighted by atomic mass is 10.1. The topological polar surface area (TPSA) is 60.6 Å². The minimum absolute atomic E-state index is 0.104. The van der Waals surface area contributed by atoms with E-state index in [-0.39, 0.29) is 5.88 Å². The van der Waals surface area contributed by atoms with Gasteiger partial charge in [-0.15, -0.1) is 11.3 Å². The molecule has 0 bridgehead atoms.